The van der Waals surface area contributed by atoms with Gasteiger partial charge >= 0.3 is 0 Å². The lowest BCUT2D eigenvalue weighted by Crippen LogP contribution is -2.52. The first-order chi connectivity index (χ1) is 17.9. The van der Waals surface area contributed by atoms with Gasteiger partial charge in [-0.1, -0.05) is 59.7 Å². The minimum absolute atomic E-state index is 0.0908. The predicted octanol–water partition coefficient (Wildman–Crippen LogP) is 4.75. The molecule has 3 rings (SSSR count). The molecule has 3 aromatic rings. The van der Waals surface area contributed by atoms with E-state index in [4.69, 9.17) is 0 Å². The van der Waals surface area contributed by atoms with Crippen LogP contribution in [0.2, 0.25) is 0 Å². The molecule has 202 valence electrons. The topological polar surface area (TPSA) is 86.8 Å². The van der Waals surface area contributed by atoms with E-state index in [1.54, 1.807) is 49.4 Å². The van der Waals surface area contributed by atoms with Crippen LogP contribution in [-0.2, 0) is 26.2 Å². The van der Waals surface area contributed by atoms with Crippen LogP contribution in [0, 0.1) is 20.8 Å². The van der Waals surface area contributed by atoms with Gasteiger partial charge in [-0.25, -0.2) is 8.42 Å². The van der Waals surface area contributed by atoms with Gasteiger partial charge in [0.25, 0.3) is 10.0 Å². The van der Waals surface area contributed by atoms with E-state index >= 15 is 0 Å². The molecule has 0 aliphatic rings. The van der Waals surface area contributed by atoms with Crippen LogP contribution in [0.5, 0.6) is 0 Å². The van der Waals surface area contributed by atoms with Gasteiger partial charge in [-0.3, -0.25) is 13.9 Å². The van der Waals surface area contributed by atoms with Crippen LogP contribution in [0.25, 0.3) is 0 Å². The SMILES string of the molecule is Cc1ccc(CN(C(=O)CN(c2cccc(C)c2)S(=O)(=O)c2ccc(C)cc2)C(C)C(=O)NC(C)C)cc1. The Hall–Kier alpha value is -3.65. The average molecular weight is 536 g/mol. The summed E-state index contributed by atoms with van der Waals surface area (Å²) in [6, 6.07) is 20.4. The summed E-state index contributed by atoms with van der Waals surface area (Å²) < 4.78 is 28.8. The summed E-state index contributed by atoms with van der Waals surface area (Å²) in [4.78, 5) is 28.4. The van der Waals surface area contributed by atoms with Gasteiger partial charge < -0.3 is 10.2 Å². The number of carbonyl (C=O) groups excluding carboxylic acids is 2. The number of hydrogen-bond donors (Lipinski definition) is 1. The van der Waals surface area contributed by atoms with E-state index in [0.29, 0.717) is 5.69 Å². The summed E-state index contributed by atoms with van der Waals surface area (Å²) in [5, 5.41) is 2.86. The molecule has 2 amide bonds. The van der Waals surface area contributed by atoms with Crippen molar-refractivity contribution >= 4 is 27.5 Å². The fourth-order valence-corrected chi connectivity index (χ4v) is 5.43. The van der Waals surface area contributed by atoms with Crippen molar-refractivity contribution in [1.82, 2.24) is 10.2 Å². The first kappa shape index (κ1) is 28.9. The van der Waals surface area contributed by atoms with Crippen molar-refractivity contribution in [3.63, 3.8) is 0 Å². The van der Waals surface area contributed by atoms with E-state index in [1.807, 2.05) is 65.0 Å². The number of aryl methyl sites for hydroxylation is 3. The third-order valence-corrected chi connectivity index (χ3v) is 8.04. The summed E-state index contributed by atoms with van der Waals surface area (Å²) >= 11 is 0. The minimum atomic E-state index is -4.07. The Kier molecular flexibility index (Phi) is 9.33. The smallest absolute Gasteiger partial charge is 0.264 e. The number of carbonyl (C=O) groups is 2. The maximum Gasteiger partial charge on any atom is 0.264 e. The Morgan fingerprint density at radius 1 is 0.816 bits per heavy atom. The molecule has 1 unspecified atom stereocenters. The van der Waals surface area contributed by atoms with E-state index in [-0.39, 0.29) is 23.4 Å². The van der Waals surface area contributed by atoms with Crippen molar-refractivity contribution < 1.29 is 18.0 Å². The highest BCUT2D eigenvalue weighted by atomic mass is 32.2. The van der Waals surface area contributed by atoms with Gasteiger partial charge in [0, 0.05) is 12.6 Å². The third-order valence-electron chi connectivity index (χ3n) is 6.25. The molecule has 8 heteroatoms. The van der Waals surface area contributed by atoms with Gasteiger partial charge in [-0.15, -0.1) is 0 Å². The zero-order valence-electron chi connectivity index (χ0n) is 22.9. The van der Waals surface area contributed by atoms with Crippen molar-refractivity contribution in [2.75, 3.05) is 10.8 Å². The summed E-state index contributed by atoms with van der Waals surface area (Å²) in [5.74, 6) is -0.780. The normalized spacial score (nSPS) is 12.2. The van der Waals surface area contributed by atoms with Crippen molar-refractivity contribution in [1.29, 1.82) is 0 Å². The van der Waals surface area contributed by atoms with Crippen LogP contribution in [0.3, 0.4) is 0 Å². The van der Waals surface area contributed by atoms with Gasteiger partial charge in [-0.05, 0) is 76.9 Å². The van der Waals surface area contributed by atoms with Crippen LogP contribution >= 0.6 is 0 Å². The molecule has 0 aliphatic carbocycles. The number of amides is 2. The monoisotopic (exact) mass is 535 g/mol. The Labute approximate surface area is 226 Å². The Morgan fingerprint density at radius 3 is 1.95 bits per heavy atom. The Bertz CT molecular complexity index is 1370. The largest absolute Gasteiger partial charge is 0.352 e. The molecule has 1 N–H and O–H groups in total. The fraction of sp³-hybridized carbons (Fsp3) is 0.333. The second kappa shape index (κ2) is 12.3. The summed E-state index contributed by atoms with van der Waals surface area (Å²) in [6.07, 6.45) is 0. The molecule has 0 saturated heterocycles. The third kappa shape index (κ3) is 7.22. The van der Waals surface area contributed by atoms with Gasteiger partial charge in [0.05, 0.1) is 10.6 Å². The first-order valence-corrected chi connectivity index (χ1v) is 14.1. The maximum atomic E-state index is 13.9. The van der Waals surface area contributed by atoms with E-state index in [2.05, 4.69) is 5.32 Å². The van der Waals surface area contributed by atoms with E-state index < -0.39 is 28.5 Å². The van der Waals surface area contributed by atoms with Crippen LogP contribution in [0.4, 0.5) is 5.69 Å². The van der Waals surface area contributed by atoms with E-state index in [0.717, 1.165) is 26.6 Å². The molecule has 7 nitrogen and oxygen atoms in total. The van der Waals surface area contributed by atoms with E-state index in [9.17, 15) is 18.0 Å². The maximum absolute atomic E-state index is 13.9. The molecule has 38 heavy (non-hydrogen) atoms. The number of hydrogen-bond acceptors (Lipinski definition) is 4. The summed E-state index contributed by atoms with van der Waals surface area (Å²) in [5.41, 5.74) is 4.09. The quantitative estimate of drug-likeness (QED) is 0.406. The molecular weight excluding hydrogens is 498 g/mol. The lowest BCUT2D eigenvalue weighted by atomic mass is 10.1. The standard InChI is InChI=1S/C30H37N3O4S/c1-21(2)31-30(35)25(6)32(19-26-14-10-22(3)11-15-26)29(34)20-33(27-9-7-8-24(5)18-27)38(36,37)28-16-12-23(4)13-17-28/h7-18,21,25H,19-20H2,1-6H3,(H,31,35). The highest BCUT2D eigenvalue weighted by Crippen LogP contribution is 2.25. The molecule has 0 radical (unpaired) electrons. The van der Waals surface area contributed by atoms with Crippen molar-refractivity contribution in [2.45, 2.75) is 65.1 Å². The molecule has 0 fully saturated rings. The second-order valence-corrected chi connectivity index (χ2v) is 11.9. The lowest BCUT2D eigenvalue weighted by Gasteiger charge is -2.32. The molecule has 0 bridgehead atoms. The van der Waals surface area contributed by atoms with Gasteiger partial charge in [0.1, 0.15) is 12.6 Å². The molecule has 1 atom stereocenters. The van der Waals surface area contributed by atoms with Crippen molar-refractivity contribution in [2.24, 2.45) is 0 Å². The summed E-state index contributed by atoms with van der Waals surface area (Å²) in [7, 11) is -4.07. The second-order valence-electron chi connectivity index (χ2n) is 10.0. The van der Waals surface area contributed by atoms with Crippen LogP contribution in [-0.4, -0.2) is 43.8 Å². The molecule has 0 spiro atoms. The van der Waals surface area contributed by atoms with E-state index in [1.165, 1.54) is 4.90 Å². The fourth-order valence-electron chi connectivity index (χ4n) is 4.03. The van der Waals surface area contributed by atoms with Gasteiger partial charge in [-0.2, -0.15) is 0 Å². The number of rotatable bonds is 10. The number of nitrogens with one attached hydrogen (secondary N) is 1. The summed E-state index contributed by atoms with van der Waals surface area (Å²) in [6.45, 7) is 10.8. The molecule has 0 aromatic heterocycles. The molecule has 0 aliphatic heterocycles. The Balaban J connectivity index is 2.03. The van der Waals surface area contributed by atoms with Crippen LogP contribution in [0.1, 0.15) is 43.0 Å². The highest BCUT2D eigenvalue weighted by Gasteiger charge is 2.32. The zero-order valence-corrected chi connectivity index (χ0v) is 23.7. The molecule has 0 heterocycles. The van der Waals surface area contributed by atoms with Crippen LogP contribution in [0.15, 0.2) is 77.7 Å². The van der Waals surface area contributed by atoms with Crippen molar-refractivity contribution in [3.05, 3.63) is 95.1 Å². The predicted molar refractivity (Wildman–Crippen MR) is 151 cm³/mol. The van der Waals surface area contributed by atoms with Crippen molar-refractivity contribution in [3.8, 4) is 0 Å². The molecular formula is C30H37N3O4S. The number of sulfonamides is 1. The highest BCUT2D eigenvalue weighted by molar-refractivity contribution is 7.92. The van der Waals surface area contributed by atoms with Gasteiger partial charge in [0.2, 0.25) is 11.8 Å². The minimum Gasteiger partial charge on any atom is -0.352 e. The molecule has 3 aromatic carbocycles. The lowest BCUT2D eigenvalue weighted by molar-refractivity contribution is -0.139. The number of benzene rings is 3. The number of nitrogens with zero attached hydrogens (tertiary/aromatic N) is 2. The van der Waals surface area contributed by atoms with Gasteiger partial charge in [0.15, 0.2) is 0 Å². The Morgan fingerprint density at radius 2 is 1.39 bits per heavy atom. The first-order valence-electron chi connectivity index (χ1n) is 12.7. The average Bonchev–Trinajstić information content (AvgIpc) is 2.86. The molecule has 0 saturated carbocycles. The van der Waals surface area contributed by atoms with Crippen LogP contribution < -0.4 is 9.62 Å². The number of anilines is 1. The zero-order chi connectivity index (χ0) is 28.0.